The number of ether oxygens (including phenoxy) is 1. The van der Waals surface area contributed by atoms with Crippen molar-refractivity contribution in [3.63, 3.8) is 0 Å². The van der Waals surface area contributed by atoms with E-state index in [1.807, 2.05) is 24.3 Å². The van der Waals surface area contributed by atoms with Gasteiger partial charge in [-0.1, -0.05) is 39.4 Å². The first kappa shape index (κ1) is 27.5. The Morgan fingerprint density at radius 1 is 1.18 bits per heavy atom. The number of sulfonamides is 1. The first-order chi connectivity index (χ1) is 18.7. The van der Waals surface area contributed by atoms with Crippen LogP contribution in [0.15, 0.2) is 81.2 Å². The number of anilines is 1. The van der Waals surface area contributed by atoms with E-state index in [4.69, 9.17) is 4.74 Å². The number of hydrazone groups is 1. The van der Waals surface area contributed by atoms with E-state index >= 15 is 0 Å². The number of amides is 1. The molecule has 0 radical (unpaired) electrons. The number of thiazole rings is 1. The van der Waals surface area contributed by atoms with Gasteiger partial charge in [-0.25, -0.2) is 17.8 Å². The highest BCUT2D eigenvalue weighted by atomic mass is 79.9. The molecule has 4 aromatic rings. The Morgan fingerprint density at radius 3 is 2.62 bits per heavy atom. The number of fused-ring (bicyclic) bond motifs is 1. The van der Waals surface area contributed by atoms with Gasteiger partial charge in [0.25, 0.3) is 5.91 Å². The van der Waals surface area contributed by atoms with Crippen LogP contribution >= 0.6 is 27.3 Å². The Labute approximate surface area is 237 Å². The lowest BCUT2D eigenvalue weighted by molar-refractivity contribution is 0.0978. The standard InChI is InChI=1S/C27H24BrFN4O4S2/c1-32(17-22-3-2-14-37-22)39(35,36)23-11-6-19(7-12-23)26(34)33(30-16-18-4-8-20(28)9-5-18)27-31-24-13-10-21(29)15-25(24)38-27/h4-13,15-16,22H,2-3,14,17H2,1H3/b30-16+. The second kappa shape index (κ2) is 11.6. The molecule has 0 spiro atoms. The van der Waals surface area contributed by atoms with E-state index in [-0.39, 0.29) is 28.2 Å². The van der Waals surface area contributed by atoms with Crippen molar-refractivity contribution in [1.29, 1.82) is 0 Å². The summed E-state index contributed by atoms with van der Waals surface area (Å²) in [5.41, 5.74) is 1.50. The van der Waals surface area contributed by atoms with Crippen LogP contribution in [0.3, 0.4) is 0 Å². The summed E-state index contributed by atoms with van der Waals surface area (Å²) in [4.78, 5) is 18.2. The fraction of sp³-hybridized carbons (Fsp3) is 0.222. The number of carbonyl (C=O) groups is 1. The van der Waals surface area contributed by atoms with Gasteiger partial charge in [0, 0.05) is 30.2 Å². The van der Waals surface area contributed by atoms with Gasteiger partial charge >= 0.3 is 0 Å². The van der Waals surface area contributed by atoms with Crippen molar-refractivity contribution in [2.75, 3.05) is 25.2 Å². The number of hydrogen-bond acceptors (Lipinski definition) is 7. The zero-order valence-corrected chi connectivity index (χ0v) is 24.0. The third kappa shape index (κ3) is 6.25. The van der Waals surface area contributed by atoms with Crippen molar-refractivity contribution in [2.24, 2.45) is 5.10 Å². The lowest BCUT2D eigenvalue weighted by atomic mass is 10.2. The molecule has 8 nitrogen and oxygen atoms in total. The number of hydrogen-bond donors (Lipinski definition) is 0. The summed E-state index contributed by atoms with van der Waals surface area (Å²) in [5.74, 6) is -0.922. The number of benzene rings is 3. The molecule has 0 aliphatic carbocycles. The molecular weight excluding hydrogens is 607 g/mol. The average molecular weight is 632 g/mol. The Morgan fingerprint density at radius 2 is 1.92 bits per heavy atom. The summed E-state index contributed by atoms with van der Waals surface area (Å²) in [7, 11) is -2.24. The van der Waals surface area contributed by atoms with Gasteiger partial charge in [0.1, 0.15) is 5.82 Å². The Bertz CT molecular complexity index is 1620. The van der Waals surface area contributed by atoms with E-state index in [0.717, 1.165) is 39.2 Å². The van der Waals surface area contributed by atoms with E-state index in [0.29, 0.717) is 16.8 Å². The largest absolute Gasteiger partial charge is 0.377 e. The second-order valence-corrected chi connectivity index (χ2v) is 12.9. The van der Waals surface area contributed by atoms with Gasteiger partial charge in [-0.05, 0) is 73.0 Å². The van der Waals surface area contributed by atoms with Crippen molar-refractivity contribution in [2.45, 2.75) is 23.8 Å². The van der Waals surface area contributed by atoms with Gasteiger partial charge in [-0.2, -0.15) is 14.4 Å². The molecule has 5 rings (SSSR count). The molecule has 0 saturated carbocycles. The van der Waals surface area contributed by atoms with Crippen LogP contribution in [0.1, 0.15) is 28.8 Å². The normalized spacial score (nSPS) is 15.9. The molecule has 1 saturated heterocycles. The molecule has 1 amide bonds. The van der Waals surface area contributed by atoms with E-state index < -0.39 is 21.7 Å². The van der Waals surface area contributed by atoms with Crippen LogP contribution in [0, 0.1) is 5.82 Å². The number of likely N-dealkylation sites (N-methyl/N-ethyl adjacent to an activating group) is 1. The molecule has 12 heteroatoms. The topological polar surface area (TPSA) is 92.2 Å². The molecule has 1 atom stereocenters. The molecule has 1 fully saturated rings. The SMILES string of the molecule is CN(CC1CCCO1)S(=O)(=O)c1ccc(C(=O)N(/N=C/c2ccc(Br)cc2)c2nc3ccc(F)cc3s2)cc1. The van der Waals surface area contributed by atoms with Crippen LogP contribution in [0.4, 0.5) is 9.52 Å². The number of rotatable bonds is 8. The minimum atomic E-state index is -3.76. The molecule has 1 unspecified atom stereocenters. The maximum Gasteiger partial charge on any atom is 0.280 e. The van der Waals surface area contributed by atoms with Gasteiger partial charge in [0.05, 0.1) is 27.4 Å². The van der Waals surface area contributed by atoms with Crippen molar-refractivity contribution in [3.05, 3.63) is 88.1 Å². The Kier molecular flexibility index (Phi) is 8.19. The van der Waals surface area contributed by atoms with Crippen LogP contribution in [0.2, 0.25) is 0 Å². The summed E-state index contributed by atoms with van der Waals surface area (Å²) in [6.45, 7) is 0.902. The molecule has 0 N–H and O–H groups in total. The van der Waals surface area contributed by atoms with Crippen molar-refractivity contribution >= 4 is 64.8 Å². The quantitative estimate of drug-likeness (QED) is 0.185. The van der Waals surface area contributed by atoms with Crippen LogP contribution in [0.25, 0.3) is 10.2 Å². The predicted octanol–water partition coefficient (Wildman–Crippen LogP) is 5.68. The fourth-order valence-electron chi connectivity index (χ4n) is 4.08. The second-order valence-electron chi connectivity index (χ2n) is 8.97. The predicted molar refractivity (Wildman–Crippen MR) is 153 cm³/mol. The molecule has 0 bridgehead atoms. The third-order valence-electron chi connectivity index (χ3n) is 6.20. The van der Waals surface area contributed by atoms with E-state index in [2.05, 4.69) is 26.0 Å². The summed E-state index contributed by atoms with van der Waals surface area (Å²) in [6.07, 6.45) is 3.14. The molecule has 39 heavy (non-hydrogen) atoms. The number of aromatic nitrogens is 1. The monoisotopic (exact) mass is 630 g/mol. The number of nitrogens with zero attached hydrogens (tertiary/aromatic N) is 4. The first-order valence-electron chi connectivity index (χ1n) is 12.1. The molecule has 3 aromatic carbocycles. The van der Waals surface area contributed by atoms with Crippen LogP contribution in [-0.4, -0.2) is 56.1 Å². The third-order valence-corrected chi connectivity index (χ3v) is 9.56. The highest BCUT2D eigenvalue weighted by Gasteiger charge is 2.27. The van der Waals surface area contributed by atoms with E-state index in [1.165, 1.54) is 54.0 Å². The van der Waals surface area contributed by atoms with Crippen LogP contribution in [-0.2, 0) is 14.8 Å². The van der Waals surface area contributed by atoms with Gasteiger partial charge < -0.3 is 4.74 Å². The van der Waals surface area contributed by atoms with Crippen molar-refractivity contribution in [1.82, 2.24) is 9.29 Å². The Balaban J connectivity index is 1.43. The van der Waals surface area contributed by atoms with Crippen LogP contribution in [0.5, 0.6) is 0 Å². The zero-order valence-electron chi connectivity index (χ0n) is 20.8. The van der Waals surface area contributed by atoms with Gasteiger partial charge in [0.15, 0.2) is 0 Å². The number of carbonyl (C=O) groups excluding carboxylic acids is 1. The smallest absolute Gasteiger partial charge is 0.280 e. The van der Waals surface area contributed by atoms with Gasteiger partial charge in [-0.3, -0.25) is 4.79 Å². The van der Waals surface area contributed by atoms with E-state index in [1.54, 1.807) is 6.07 Å². The van der Waals surface area contributed by atoms with E-state index in [9.17, 15) is 17.6 Å². The fourth-order valence-corrected chi connectivity index (χ4v) is 6.50. The maximum absolute atomic E-state index is 13.8. The highest BCUT2D eigenvalue weighted by molar-refractivity contribution is 9.10. The van der Waals surface area contributed by atoms with Crippen molar-refractivity contribution < 1.29 is 22.3 Å². The van der Waals surface area contributed by atoms with Crippen LogP contribution < -0.4 is 5.01 Å². The zero-order chi connectivity index (χ0) is 27.6. The first-order valence-corrected chi connectivity index (χ1v) is 15.1. The molecule has 2 heterocycles. The minimum absolute atomic E-state index is 0.0694. The molecular formula is C27H24BrFN4O4S2. The maximum atomic E-state index is 13.8. The number of halogens is 2. The minimum Gasteiger partial charge on any atom is -0.377 e. The Hall–Kier alpha value is -3.03. The van der Waals surface area contributed by atoms with Gasteiger partial charge in [-0.15, -0.1) is 0 Å². The lowest BCUT2D eigenvalue weighted by Gasteiger charge is -2.20. The molecule has 1 aliphatic heterocycles. The summed E-state index contributed by atoms with van der Waals surface area (Å²) in [5, 5.41) is 5.79. The molecule has 1 aliphatic rings. The average Bonchev–Trinajstić information content (AvgIpc) is 3.59. The summed E-state index contributed by atoms with van der Waals surface area (Å²) < 4.78 is 48.2. The lowest BCUT2D eigenvalue weighted by Crippen LogP contribution is -2.34. The summed E-state index contributed by atoms with van der Waals surface area (Å²) in [6, 6.07) is 17.3. The van der Waals surface area contributed by atoms with Gasteiger partial charge in [0.2, 0.25) is 15.2 Å². The molecule has 1 aromatic heterocycles. The summed E-state index contributed by atoms with van der Waals surface area (Å²) >= 11 is 4.52. The van der Waals surface area contributed by atoms with Crippen molar-refractivity contribution in [3.8, 4) is 0 Å². The highest BCUT2D eigenvalue weighted by Crippen LogP contribution is 2.31. The molecule has 202 valence electrons.